The van der Waals surface area contributed by atoms with Crippen LogP contribution in [0.25, 0.3) is 11.3 Å². The van der Waals surface area contributed by atoms with Crippen LogP contribution in [0, 0.1) is 0 Å². The fraction of sp³-hybridized carbons (Fsp3) is 0.0714. The number of thiazole rings is 1. The van der Waals surface area contributed by atoms with E-state index in [0.29, 0.717) is 5.69 Å². The van der Waals surface area contributed by atoms with E-state index in [4.69, 9.17) is 0 Å². The van der Waals surface area contributed by atoms with Gasteiger partial charge in [-0.25, -0.2) is 13.4 Å². The molecule has 0 aliphatic heterocycles. The highest BCUT2D eigenvalue weighted by molar-refractivity contribution is 7.93. The average Bonchev–Trinajstić information content (AvgIpc) is 3.16. The molecule has 2 N–H and O–H groups in total. The fourth-order valence-corrected chi connectivity index (χ4v) is 3.91. The smallest absolute Gasteiger partial charge is 0.360 e. The fourth-order valence-electron chi connectivity index (χ4n) is 1.96. The lowest BCUT2D eigenvalue weighted by Crippen LogP contribution is -2.11. The quantitative estimate of drug-likeness (QED) is 0.727. The molecule has 1 aromatic carbocycles. The average molecular weight is 373 g/mol. The molecular weight excluding hydrogens is 363 g/mol. The number of halogens is 3. The van der Waals surface area contributed by atoms with Crippen LogP contribution in [0.4, 0.5) is 18.2 Å². The van der Waals surface area contributed by atoms with Crippen molar-refractivity contribution in [3.8, 4) is 11.3 Å². The predicted molar refractivity (Wildman–Crippen MR) is 84.2 cm³/mol. The second kappa shape index (κ2) is 5.95. The van der Waals surface area contributed by atoms with E-state index in [1.807, 2.05) is 6.07 Å². The van der Waals surface area contributed by atoms with Crippen molar-refractivity contribution in [3.05, 3.63) is 53.8 Å². The number of aromatic amines is 1. The van der Waals surface area contributed by atoms with Gasteiger partial charge in [0.15, 0.2) is 5.01 Å². The van der Waals surface area contributed by atoms with Crippen molar-refractivity contribution < 1.29 is 21.6 Å². The molecule has 2 heterocycles. The first-order valence-electron chi connectivity index (χ1n) is 6.55. The first-order chi connectivity index (χ1) is 11.3. The maximum Gasteiger partial charge on any atom is 0.443 e. The summed E-state index contributed by atoms with van der Waals surface area (Å²) in [6.07, 6.45) is -2.49. The summed E-state index contributed by atoms with van der Waals surface area (Å²) in [6, 6.07) is 10.4. The molecular formula is C14H10F3N3O2S2. The Kier molecular flexibility index (Phi) is 4.10. The molecule has 0 saturated carbocycles. The summed E-state index contributed by atoms with van der Waals surface area (Å²) in [5, 5.41) is -1.32. The van der Waals surface area contributed by atoms with Gasteiger partial charge in [-0.2, -0.15) is 13.2 Å². The van der Waals surface area contributed by atoms with Crippen molar-refractivity contribution in [2.45, 2.75) is 11.1 Å². The Morgan fingerprint density at radius 1 is 1.17 bits per heavy atom. The third kappa shape index (κ3) is 3.44. The van der Waals surface area contributed by atoms with E-state index in [1.165, 1.54) is 12.3 Å². The number of anilines is 1. The van der Waals surface area contributed by atoms with Crippen molar-refractivity contribution in [1.82, 2.24) is 9.97 Å². The zero-order valence-corrected chi connectivity index (χ0v) is 13.5. The zero-order valence-electron chi connectivity index (χ0n) is 11.8. The van der Waals surface area contributed by atoms with E-state index in [9.17, 15) is 21.6 Å². The summed E-state index contributed by atoms with van der Waals surface area (Å²) in [7, 11) is -4.01. The predicted octanol–water partition coefficient (Wildman–Crippen LogP) is 3.96. The summed E-state index contributed by atoms with van der Waals surface area (Å²) >= 11 is 0.228. The van der Waals surface area contributed by atoms with E-state index in [0.717, 1.165) is 11.8 Å². The lowest BCUT2D eigenvalue weighted by atomic mass is 10.2. The largest absolute Gasteiger partial charge is 0.443 e. The minimum atomic E-state index is -4.61. The van der Waals surface area contributed by atoms with Crippen molar-refractivity contribution in [1.29, 1.82) is 0 Å². The van der Waals surface area contributed by atoms with Crippen molar-refractivity contribution in [2.75, 3.05) is 4.72 Å². The molecule has 0 fully saturated rings. The van der Waals surface area contributed by atoms with Crippen LogP contribution in [0.3, 0.4) is 0 Å². The summed E-state index contributed by atoms with van der Waals surface area (Å²) in [5.41, 5.74) is 1.37. The molecule has 126 valence electrons. The van der Waals surface area contributed by atoms with E-state index >= 15 is 0 Å². The van der Waals surface area contributed by atoms with Gasteiger partial charge >= 0.3 is 6.18 Å². The van der Waals surface area contributed by atoms with Gasteiger partial charge in [0, 0.05) is 11.9 Å². The van der Waals surface area contributed by atoms with Crippen LogP contribution in [0.15, 0.2) is 53.7 Å². The number of alkyl halides is 3. The second-order valence-electron chi connectivity index (χ2n) is 4.75. The van der Waals surface area contributed by atoms with Crippen LogP contribution in [-0.2, 0) is 16.2 Å². The lowest BCUT2D eigenvalue weighted by Gasteiger charge is -2.03. The summed E-state index contributed by atoms with van der Waals surface area (Å²) in [6.45, 7) is 0. The standard InChI is InChI=1S/C14H10F3N3O2S2/c15-14(16,17)13-19-8-12(23-13)20-24(21,22)10-6-11(18-7-10)9-4-2-1-3-5-9/h1-8,18,20H. The van der Waals surface area contributed by atoms with Crippen LogP contribution in [0.5, 0.6) is 0 Å². The van der Waals surface area contributed by atoms with Gasteiger partial charge in [-0.15, -0.1) is 0 Å². The summed E-state index contributed by atoms with van der Waals surface area (Å²) in [4.78, 5) is 5.93. The van der Waals surface area contributed by atoms with Gasteiger partial charge in [-0.3, -0.25) is 4.72 Å². The zero-order chi connectivity index (χ0) is 17.4. The first kappa shape index (κ1) is 16.5. The molecule has 3 aromatic rings. The van der Waals surface area contributed by atoms with Crippen LogP contribution >= 0.6 is 11.3 Å². The number of hydrogen-bond donors (Lipinski definition) is 2. The molecule has 3 rings (SSSR count). The number of H-pyrrole nitrogens is 1. The maximum atomic E-state index is 12.5. The molecule has 0 aliphatic carbocycles. The minimum Gasteiger partial charge on any atom is -0.360 e. The second-order valence-corrected chi connectivity index (χ2v) is 7.46. The van der Waals surface area contributed by atoms with Crippen LogP contribution < -0.4 is 4.72 Å². The number of aromatic nitrogens is 2. The molecule has 10 heteroatoms. The Bertz CT molecular complexity index is 947. The number of nitrogens with one attached hydrogen (secondary N) is 2. The van der Waals surface area contributed by atoms with Crippen molar-refractivity contribution in [2.24, 2.45) is 0 Å². The molecule has 2 aromatic heterocycles. The van der Waals surface area contributed by atoms with Gasteiger partial charge in [0.05, 0.1) is 6.20 Å². The van der Waals surface area contributed by atoms with Crippen molar-refractivity contribution in [3.63, 3.8) is 0 Å². The molecule has 24 heavy (non-hydrogen) atoms. The van der Waals surface area contributed by atoms with Crippen LogP contribution in [0.2, 0.25) is 0 Å². The molecule has 0 aliphatic rings. The molecule has 0 bridgehead atoms. The molecule has 0 saturated heterocycles. The molecule has 0 radical (unpaired) electrons. The Labute approximate surface area is 139 Å². The highest BCUT2D eigenvalue weighted by atomic mass is 32.2. The number of benzene rings is 1. The number of nitrogens with zero attached hydrogens (tertiary/aromatic N) is 1. The van der Waals surface area contributed by atoms with Gasteiger partial charge in [0.1, 0.15) is 9.90 Å². The van der Waals surface area contributed by atoms with E-state index < -0.39 is 21.2 Å². The molecule has 5 nitrogen and oxygen atoms in total. The SMILES string of the molecule is O=S(=O)(Nc1cnc(C(F)(F)F)s1)c1c[nH]c(-c2ccccc2)c1. The lowest BCUT2D eigenvalue weighted by molar-refractivity contribution is -0.137. The number of rotatable bonds is 4. The van der Waals surface area contributed by atoms with Gasteiger partial charge < -0.3 is 4.98 Å². The van der Waals surface area contributed by atoms with Gasteiger partial charge in [-0.1, -0.05) is 41.7 Å². The third-order valence-corrected chi connectivity index (χ3v) is 5.47. The van der Waals surface area contributed by atoms with E-state index in [1.54, 1.807) is 24.3 Å². The Morgan fingerprint density at radius 3 is 2.50 bits per heavy atom. The minimum absolute atomic E-state index is 0.0803. The number of sulfonamides is 1. The normalized spacial score (nSPS) is 12.3. The Balaban J connectivity index is 1.84. The number of hydrogen-bond acceptors (Lipinski definition) is 4. The highest BCUT2D eigenvalue weighted by Gasteiger charge is 2.35. The molecule has 0 atom stereocenters. The molecule has 0 spiro atoms. The van der Waals surface area contributed by atoms with Gasteiger partial charge in [0.25, 0.3) is 10.0 Å². The van der Waals surface area contributed by atoms with E-state index in [-0.39, 0.29) is 21.2 Å². The summed E-state index contributed by atoms with van der Waals surface area (Å²) < 4.78 is 64.2. The monoisotopic (exact) mass is 373 g/mol. The maximum absolute atomic E-state index is 12.5. The molecule has 0 unspecified atom stereocenters. The Morgan fingerprint density at radius 2 is 1.88 bits per heavy atom. The Hall–Kier alpha value is -2.33. The van der Waals surface area contributed by atoms with Crippen molar-refractivity contribution >= 4 is 26.4 Å². The van der Waals surface area contributed by atoms with Crippen LogP contribution in [0.1, 0.15) is 5.01 Å². The van der Waals surface area contributed by atoms with Gasteiger partial charge in [0.2, 0.25) is 0 Å². The highest BCUT2D eigenvalue weighted by Crippen LogP contribution is 2.35. The topological polar surface area (TPSA) is 74.8 Å². The summed E-state index contributed by atoms with van der Waals surface area (Å²) in [5.74, 6) is 0. The molecule has 0 amide bonds. The van der Waals surface area contributed by atoms with Gasteiger partial charge in [-0.05, 0) is 11.6 Å². The van der Waals surface area contributed by atoms with Crippen LogP contribution in [-0.4, -0.2) is 18.4 Å². The first-order valence-corrected chi connectivity index (χ1v) is 8.85. The van der Waals surface area contributed by atoms with E-state index in [2.05, 4.69) is 14.7 Å². The third-order valence-electron chi connectivity index (χ3n) is 3.03.